The van der Waals surface area contributed by atoms with Crippen molar-refractivity contribution in [1.29, 1.82) is 0 Å². The Hall–Kier alpha value is -1.91. The van der Waals surface area contributed by atoms with Gasteiger partial charge in [-0.2, -0.15) is 8.42 Å². The van der Waals surface area contributed by atoms with Gasteiger partial charge in [0.25, 0.3) is 10.0 Å². The van der Waals surface area contributed by atoms with Crippen molar-refractivity contribution in [3.8, 4) is 0 Å². The van der Waals surface area contributed by atoms with Crippen LogP contribution in [0.1, 0.15) is 5.82 Å². The van der Waals surface area contributed by atoms with Gasteiger partial charge in [-0.3, -0.25) is 4.72 Å². The van der Waals surface area contributed by atoms with Gasteiger partial charge in [0, 0.05) is 5.69 Å². The molecular formula is C11H14N4O4S2. The second-order valence-electron chi connectivity index (χ2n) is 4.17. The Kier molecular flexibility index (Phi) is 4.03. The lowest BCUT2D eigenvalue weighted by atomic mass is 10.3. The van der Waals surface area contributed by atoms with Crippen LogP contribution < -0.4 is 9.44 Å². The first-order valence-corrected chi connectivity index (χ1v) is 8.79. The van der Waals surface area contributed by atoms with Crippen molar-refractivity contribution in [2.24, 2.45) is 0 Å². The Morgan fingerprint density at radius 3 is 2.14 bits per heavy atom. The predicted octanol–water partition coefficient (Wildman–Crippen LogP) is 0.427. The first kappa shape index (κ1) is 15.5. The Morgan fingerprint density at radius 1 is 1.05 bits per heavy atom. The molecule has 0 atom stereocenters. The maximum absolute atomic E-state index is 12.0. The van der Waals surface area contributed by atoms with Crippen LogP contribution in [0.5, 0.6) is 0 Å². The first-order valence-electron chi connectivity index (χ1n) is 5.83. The number of anilines is 1. The van der Waals surface area contributed by atoms with Gasteiger partial charge in [-0.25, -0.2) is 18.1 Å². The molecule has 2 aromatic rings. The van der Waals surface area contributed by atoms with Gasteiger partial charge in [0.15, 0.2) is 5.03 Å². The fourth-order valence-electron chi connectivity index (χ4n) is 1.56. The van der Waals surface area contributed by atoms with Crippen LogP contribution in [-0.2, 0) is 20.0 Å². The topological polar surface area (TPSA) is 121 Å². The summed E-state index contributed by atoms with van der Waals surface area (Å²) < 4.78 is 51.7. The molecule has 10 heteroatoms. The van der Waals surface area contributed by atoms with E-state index < -0.39 is 20.0 Å². The number of hydrogen-bond donors (Lipinski definition) is 3. The number of imidazole rings is 1. The van der Waals surface area contributed by atoms with Crippen molar-refractivity contribution >= 4 is 25.7 Å². The van der Waals surface area contributed by atoms with E-state index in [1.54, 1.807) is 6.92 Å². The SMILES string of the molecule is CNS(=O)(=O)c1ccc(NS(=O)(=O)c2cnc(C)[nH]2)cc1. The third kappa shape index (κ3) is 3.40. The van der Waals surface area contributed by atoms with E-state index in [4.69, 9.17) is 0 Å². The van der Waals surface area contributed by atoms with Crippen molar-refractivity contribution in [2.45, 2.75) is 16.8 Å². The second kappa shape index (κ2) is 5.47. The van der Waals surface area contributed by atoms with Crippen LogP contribution in [-0.4, -0.2) is 33.9 Å². The number of hydrogen-bond acceptors (Lipinski definition) is 5. The van der Waals surface area contributed by atoms with E-state index >= 15 is 0 Å². The summed E-state index contributed by atoms with van der Waals surface area (Å²) in [5.74, 6) is 0.478. The first-order chi connectivity index (χ1) is 9.74. The predicted molar refractivity (Wildman–Crippen MR) is 76.8 cm³/mol. The number of H-pyrrole nitrogens is 1. The maximum atomic E-state index is 12.0. The molecule has 21 heavy (non-hydrogen) atoms. The summed E-state index contributed by atoms with van der Waals surface area (Å²) >= 11 is 0. The molecule has 0 aliphatic carbocycles. The van der Waals surface area contributed by atoms with E-state index in [2.05, 4.69) is 19.4 Å². The summed E-state index contributed by atoms with van der Waals surface area (Å²) in [5.41, 5.74) is 0.248. The fraction of sp³-hybridized carbons (Fsp3) is 0.182. The smallest absolute Gasteiger partial charge is 0.278 e. The van der Waals surface area contributed by atoms with Crippen LogP contribution in [0.15, 0.2) is 40.4 Å². The van der Waals surface area contributed by atoms with E-state index in [1.165, 1.54) is 37.5 Å². The third-order valence-corrected chi connectivity index (χ3v) is 5.38. The minimum Gasteiger partial charge on any atom is -0.332 e. The van der Waals surface area contributed by atoms with E-state index in [0.29, 0.717) is 5.82 Å². The molecule has 114 valence electrons. The zero-order valence-corrected chi connectivity index (χ0v) is 12.9. The highest BCUT2D eigenvalue weighted by Crippen LogP contribution is 2.17. The highest BCUT2D eigenvalue weighted by atomic mass is 32.2. The number of aromatic amines is 1. The Bertz CT molecular complexity index is 839. The van der Waals surface area contributed by atoms with Crippen LogP contribution >= 0.6 is 0 Å². The molecule has 0 fully saturated rings. The molecule has 3 N–H and O–H groups in total. The lowest BCUT2D eigenvalue weighted by Crippen LogP contribution is -2.18. The minimum atomic E-state index is -3.78. The third-order valence-electron chi connectivity index (χ3n) is 2.65. The summed E-state index contributed by atoms with van der Waals surface area (Å²) in [4.78, 5) is 6.48. The van der Waals surface area contributed by atoms with E-state index in [-0.39, 0.29) is 15.6 Å². The van der Waals surface area contributed by atoms with Crippen LogP contribution in [0.2, 0.25) is 0 Å². The zero-order valence-electron chi connectivity index (χ0n) is 11.3. The van der Waals surface area contributed by atoms with Crippen LogP contribution in [0.25, 0.3) is 0 Å². The maximum Gasteiger partial charge on any atom is 0.278 e. The van der Waals surface area contributed by atoms with Crippen molar-refractivity contribution in [3.63, 3.8) is 0 Å². The quantitative estimate of drug-likeness (QED) is 0.734. The molecule has 0 saturated heterocycles. The molecule has 0 saturated carbocycles. The Morgan fingerprint density at radius 2 is 1.67 bits per heavy atom. The molecule has 8 nitrogen and oxygen atoms in total. The van der Waals surface area contributed by atoms with Crippen molar-refractivity contribution in [3.05, 3.63) is 36.3 Å². The number of rotatable bonds is 5. The van der Waals surface area contributed by atoms with Gasteiger partial charge in [-0.15, -0.1) is 0 Å². The molecule has 1 aromatic carbocycles. The molecular weight excluding hydrogens is 316 g/mol. The Labute approximate surface area is 122 Å². The average molecular weight is 330 g/mol. The van der Waals surface area contributed by atoms with Crippen molar-refractivity contribution in [1.82, 2.24) is 14.7 Å². The molecule has 2 rings (SSSR count). The monoisotopic (exact) mass is 330 g/mol. The number of benzene rings is 1. The largest absolute Gasteiger partial charge is 0.332 e. The molecule has 0 spiro atoms. The standard InChI is InChI=1S/C11H14N4O4S2/c1-8-13-7-11(14-8)21(18,19)15-9-3-5-10(6-4-9)20(16,17)12-2/h3-7,12,15H,1-2H3,(H,13,14). The molecule has 0 bridgehead atoms. The van der Waals surface area contributed by atoms with Crippen molar-refractivity contribution < 1.29 is 16.8 Å². The molecule has 1 aromatic heterocycles. The summed E-state index contributed by atoms with van der Waals surface area (Å²) in [6.07, 6.45) is 1.21. The van der Waals surface area contributed by atoms with Gasteiger partial charge in [0.05, 0.1) is 11.1 Å². The lowest BCUT2D eigenvalue weighted by molar-refractivity contribution is 0.588. The van der Waals surface area contributed by atoms with E-state index in [1.807, 2.05) is 0 Å². The lowest BCUT2D eigenvalue weighted by Gasteiger charge is -2.07. The number of nitrogens with one attached hydrogen (secondary N) is 3. The summed E-state index contributed by atoms with van der Waals surface area (Å²) in [5, 5.41) is -0.0630. The van der Waals surface area contributed by atoms with Gasteiger partial charge in [-0.05, 0) is 38.2 Å². The molecule has 0 aliphatic heterocycles. The van der Waals surface area contributed by atoms with Crippen LogP contribution in [0.4, 0.5) is 5.69 Å². The zero-order chi connectivity index (χ0) is 15.7. The number of aryl methyl sites for hydroxylation is 1. The van der Waals surface area contributed by atoms with Gasteiger partial charge in [-0.1, -0.05) is 0 Å². The number of nitrogens with zero attached hydrogens (tertiary/aromatic N) is 1. The van der Waals surface area contributed by atoms with Crippen LogP contribution in [0.3, 0.4) is 0 Å². The Balaban J connectivity index is 2.25. The minimum absolute atomic E-state index is 0.0466. The van der Waals surface area contributed by atoms with Gasteiger partial charge in [0.1, 0.15) is 5.82 Å². The highest BCUT2D eigenvalue weighted by molar-refractivity contribution is 7.92. The summed E-state index contributed by atoms with van der Waals surface area (Å²) in [6, 6.07) is 5.35. The van der Waals surface area contributed by atoms with Gasteiger partial charge in [0.2, 0.25) is 10.0 Å². The molecule has 0 unspecified atom stereocenters. The van der Waals surface area contributed by atoms with Crippen molar-refractivity contribution in [2.75, 3.05) is 11.8 Å². The van der Waals surface area contributed by atoms with Gasteiger partial charge < -0.3 is 4.98 Å². The van der Waals surface area contributed by atoms with Crippen LogP contribution in [0, 0.1) is 6.92 Å². The molecule has 0 radical (unpaired) electrons. The normalized spacial score (nSPS) is 12.3. The second-order valence-corrected chi connectivity index (χ2v) is 7.71. The number of aromatic nitrogens is 2. The fourth-order valence-corrected chi connectivity index (χ4v) is 3.32. The number of sulfonamides is 2. The van der Waals surface area contributed by atoms with E-state index in [9.17, 15) is 16.8 Å². The highest BCUT2D eigenvalue weighted by Gasteiger charge is 2.17. The van der Waals surface area contributed by atoms with Gasteiger partial charge >= 0.3 is 0 Å². The summed E-state index contributed by atoms with van der Waals surface area (Å²) in [7, 11) is -6.03. The summed E-state index contributed by atoms with van der Waals surface area (Å²) in [6.45, 7) is 1.64. The van der Waals surface area contributed by atoms with E-state index in [0.717, 1.165) is 0 Å². The average Bonchev–Trinajstić information content (AvgIpc) is 2.86. The molecule has 1 heterocycles. The molecule has 0 aliphatic rings. The molecule has 0 amide bonds.